The van der Waals surface area contributed by atoms with Gasteiger partial charge >= 0.3 is 11.9 Å². The number of carbonyl (C=O) groups is 2. The minimum Gasteiger partial charge on any atom is -0.486 e. The molecule has 1 amide bonds. The van der Waals surface area contributed by atoms with Crippen molar-refractivity contribution in [3.63, 3.8) is 0 Å². The summed E-state index contributed by atoms with van der Waals surface area (Å²) in [6.07, 6.45) is 0.891. The van der Waals surface area contributed by atoms with Crippen LogP contribution in [0.5, 0.6) is 11.5 Å². The van der Waals surface area contributed by atoms with E-state index >= 15 is 0 Å². The molecule has 0 aliphatic carbocycles. The number of methoxy groups -OCH3 is 1. The van der Waals surface area contributed by atoms with Crippen LogP contribution in [-0.2, 0) is 16.1 Å². The van der Waals surface area contributed by atoms with E-state index in [0.29, 0.717) is 17.3 Å². The van der Waals surface area contributed by atoms with Crippen LogP contribution in [0.15, 0.2) is 88.4 Å². The van der Waals surface area contributed by atoms with Gasteiger partial charge in [0.1, 0.15) is 23.9 Å². The van der Waals surface area contributed by atoms with Crippen molar-refractivity contribution in [2.45, 2.75) is 47.3 Å². The van der Waals surface area contributed by atoms with E-state index in [-0.39, 0.29) is 12.4 Å². The zero-order chi connectivity index (χ0) is 32.1. The van der Waals surface area contributed by atoms with Gasteiger partial charge in [-0.1, -0.05) is 0 Å². The summed E-state index contributed by atoms with van der Waals surface area (Å²) in [6, 6.07) is 24.7. The molecule has 45 heavy (non-hydrogen) atoms. The average Bonchev–Trinajstić information content (AvgIpc) is 3.73. The summed E-state index contributed by atoms with van der Waals surface area (Å²) in [7, 11) is 1.33. The zero-order valence-electron chi connectivity index (χ0n) is 26.2. The fraction of sp³-hybridized carbons (Fsp3) is 0.229. The first-order chi connectivity index (χ1) is 21.6. The van der Waals surface area contributed by atoms with Gasteiger partial charge in [-0.25, -0.2) is 10.2 Å². The Morgan fingerprint density at radius 3 is 2.11 bits per heavy atom. The summed E-state index contributed by atoms with van der Waals surface area (Å²) in [5, 5.41) is 4.15. The van der Waals surface area contributed by atoms with Crippen molar-refractivity contribution in [3.8, 4) is 22.9 Å². The molecule has 5 aromatic rings. The lowest BCUT2D eigenvalue weighted by molar-refractivity contribution is -0.147. The number of hydrazone groups is 1. The van der Waals surface area contributed by atoms with E-state index in [9.17, 15) is 9.59 Å². The molecule has 0 aliphatic rings. The summed E-state index contributed by atoms with van der Waals surface area (Å²) in [5.74, 6) is 1.00. The van der Waals surface area contributed by atoms with Gasteiger partial charge in [0.15, 0.2) is 11.9 Å². The summed E-state index contributed by atoms with van der Waals surface area (Å²) in [6.45, 7) is 9.91. The Bertz CT molecular complexity index is 1810. The fourth-order valence-electron chi connectivity index (χ4n) is 5.12. The van der Waals surface area contributed by atoms with E-state index in [0.717, 1.165) is 39.7 Å². The molecule has 0 saturated heterocycles. The predicted octanol–water partition coefficient (Wildman–Crippen LogP) is 6.38. The highest BCUT2D eigenvalue weighted by Crippen LogP contribution is 2.23. The number of aromatic nitrogens is 2. The van der Waals surface area contributed by atoms with E-state index in [4.69, 9.17) is 18.6 Å². The fourth-order valence-corrected chi connectivity index (χ4v) is 5.12. The number of nitrogens with one attached hydrogen (secondary N) is 1. The standard InChI is InChI=1S/C35H36N4O6/c1-22-7-8-23(2)38(22)28-9-13-30(14-10-28)43-21-32-17-18-33(45-32)34(40)37-36-20-27-19-24(3)39(25(27)4)29-11-15-31(16-12-29)44-26(5)35(41)42-6/h7-20,26H,21H2,1-6H3,(H,37,40)/b36-20+/t26-/m1/s1. The molecular formula is C35H36N4O6. The van der Waals surface area contributed by atoms with Gasteiger partial charge in [-0.05, 0) is 113 Å². The maximum atomic E-state index is 12.7. The Morgan fingerprint density at radius 2 is 1.47 bits per heavy atom. The van der Waals surface area contributed by atoms with Crippen LogP contribution in [0.4, 0.5) is 0 Å². The van der Waals surface area contributed by atoms with Crippen LogP contribution in [0, 0.1) is 27.7 Å². The van der Waals surface area contributed by atoms with Crippen LogP contribution in [-0.4, -0.2) is 40.4 Å². The summed E-state index contributed by atoms with van der Waals surface area (Å²) in [5.41, 5.74) is 9.60. The molecule has 3 aromatic heterocycles. The lowest BCUT2D eigenvalue weighted by Crippen LogP contribution is -2.24. The topological polar surface area (TPSA) is 109 Å². The van der Waals surface area contributed by atoms with Crippen molar-refractivity contribution in [2.24, 2.45) is 5.10 Å². The number of benzene rings is 2. The van der Waals surface area contributed by atoms with Crippen molar-refractivity contribution >= 4 is 18.1 Å². The summed E-state index contributed by atoms with van der Waals surface area (Å²) >= 11 is 0. The molecule has 10 nitrogen and oxygen atoms in total. The highest BCUT2D eigenvalue weighted by Gasteiger charge is 2.16. The molecule has 3 heterocycles. The highest BCUT2D eigenvalue weighted by molar-refractivity contribution is 5.92. The maximum absolute atomic E-state index is 12.7. The molecule has 0 spiro atoms. The van der Waals surface area contributed by atoms with E-state index in [1.807, 2.05) is 56.3 Å². The van der Waals surface area contributed by atoms with Crippen molar-refractivity contribution in [3.05, 3.63) is 119 Å². The first kappa shape index (κ1) is 30.9. The molecule has 1 N–H and O–H groups in total. The summed E-state index contributed by atoms with van der Waals surface area (Å²) in [4.78, 5) is 24.3. The molecule has 10 heteroatoms. The van der Waals surface area contributed by atoms with Gasteiger partial charge in [0.2, 0.25) is 0 Å². The largest absolute Gasteiger partial charge is 0.486 e. The first-order valence-electron chi connectivity index (χ1n) is 14.5. The van der Waals surface area contributed by atoms with Crippen molar-refractivity contribution in [1.82, 2.24) is 14.6 Å². The van der Waals surface area contributed by atoms with E-state index in [2.05, 4.69) is 45.6 Å². The van der Waals surface area contributed by atoms with Gasteiger partial charge in [0.25, 0.3) is 0 Å². The number of hydrogen-bond acceptors (Lipinski definition) is 7. The van der Waals surface area contributed by atoms with Crippen LogP contribution in [0.25, 0.3) is 11.4 Å². The van der Waals surface area contributed by atoms with Gasteiger partial charge in [0, 0.05) is 39.7 Å². The SMILES string of the molecule is COC(=O)[C@@H](C)Oc1ccc(-n2c(C)cc(/C=N/NC(=O)c3ccc(COc4ccc(-n5c(C)ccc5C)cc4)o3)c2C)cc1. The Kier molecular flexibility index (Phi) is 9.22. The third-order valence-electron chi connectivity index (χ3n) is 7.41. The van der Waals surface area contributed by atoms with Crippen molar-refractivity contribution < 1.29 is 28.2 Å². The normalized spacial score (nSPS) is 11.9. The van der Waals surface area contributed by atoms with Crippen LogP contribution in [0.1, 0.15) is 51.6 Å². The van der Waals surface area contributed by atoms with Gasteiger partial charge < -0.3 is 27.8 Å². The van der Waals surface area contributed by atoms with Crippen LogP contribution >= 0.6 is 0 Å². The quantitative estimate of drug-likeness (QED) is 0.106. The molecule has 2 aromatic carbocycles. The van der Waals surface area contributed by atoms with E-state index in [1.165, 1.54) is 7.11 Å². The molecule has 0 unspecified atom stereocenters. The average molecular weight is 609 g/mol. The third-order valence-corrected chi connectivity index (χ3v) is 7.41. The van der Waals surface area contributed by atoms with E-state index in [1.54, 1.807) is 37.4 Å². The first-order valence-corrected chi connectivity index (χ1v) is 14.5. The lowest BCUT2D eigenvalue weighted by atomic mass is 10.2. The molecule has 5 rings (SSSR count). The Hall–Kier alpha value is -5.51. The zero-order valence-corrected chi connectivity index (χ0v) is 26.2. The molecule has 0 fully saturated rings. The highest BCUT2D eigenvalue weighted by atomic mass is 16.6. The number of rotatable bonds is 11. The minimum absolute atomic E-state index is 0.133. The lowest BCUT2D eigenvalue weighted by Gasteiger charge is -2.14. The van der Waals surface area contributed by atoms with Crippen molar-refractivity contribution in [2.75, 3.05) is 7.11 Å². The number of amides is 1. The Labute approximate surface area is 261 Å². The smallest absolute Gasteiger partial charge is 0.346 e. The van der Waals surface area contributed by atoms with Crippen molar-refractivity contribution in [1.29, 1.82) is 0 Å². The monoisotopic (exact) mass is 608 g/mol. The third kappa shape index (κ3) is 7.01. The molecule has 0 aliphatic heterocycles. The number of hydrogen-bond donors (Lipinski definition) is 1. The number of carbonyl (C=O) groups excluding carboxylic acids is 2. The van der Waals surface area contributed by atoms with Crippen LogP contribution in [0.2, 0.25) is 0 Å². The summed E-state index contributed by atoms with van der Waals surface area (Å²) < 4.78 is 26.1. The molecular weight excluding hydrogens is 572 g/mol. The van der Waals surface area contributed by atoms with Gasteiger partial charge in [0.05, 0.1) is 13.3 Å². The van der Waals surface area contributed by atoms with E-state index < -0.39 is 18.0 Å². The number of furan rings is 1. The van der Waals surface area contributed by atoms with Crippen LogP contribution < -0.4 is 14.9 Å². The number of esters is 1. The molecule has 0 saturated carbocycles. The molecule has 1 atom stereocenters. The second kappa shape index (κ2) is 13.4. The maximum Gasteiger partial charge on any atom is 0.346 e. The molecule has 0 bridgehead atoms. The van der Waals surface area contributed by atoms with Crippen LogP contribution in [0.3, 0.4) is 0 Å². The Morgan fingerprint density at radius 1 is 0.844 bits per heavy atom. The number of aryl methyl sites for hydroxylation is 3. The Balaban J connectivity index is 1.15. The predicted molar refractivity (Wildman–Crippen MR) is 171 cm³/mol. The van der Waals surface area contributed by atoms with Gasteiger partial charge in [-0.2, -0.15) is 5.10 Å². The second-order valence-corrected chi connectivity index (χ2v) is 10.6. The van der Waals surface area contributed by atoms with Gasteiger partial charge in [-0.15, -0.1) is 0 Å². The molecule has 0 radical (unpaired) electrons. The minimum atomic E-state index is -0.706. The molecule has 232 valence electrons. The van der Waals surface area contributed by atoms with Gasteiger partial charge in [-0.3, -0.25) is 4.79 Å². The number of nitrogens with zero attached hydrogens (tertiary/aromatic N) is 3. The second-order valence-electron chi connectivity index (χ2n) is 10.6. The number of ether oxygens (including phenoxy) is 3.